The zero-order valence-corrected chi connectivity index (χ0v) is 12.5. The number of ether oxygens (including phenoxy) is 1. The zero-order chi connectivity index (χ0) is 15.2. The highest BCUT2D eigenvalue weighted by atomic mass is 32.2. The molecule has 6 nitrogen and oxygen atoms in total. The number of rotatable bonds is 7. The van der Waals surface area contributed by atoms with Crippen LogP contribution in [-0.2, 0) is 14.8 Å². The van der Waals surface area contributed by atoms with Gasteiger partial charge < -0.3 is 10.5 Å². The number of sulfonamides is 1. The van der Waals surface area contributed by atoms with E-state index in [0.29, 0.717) is 11.3 Å². The van der Waals surface area contributed by atoms with Gasteiger partial charge >= 0.3 is 0 Å². The van der Waals surface area contributed by atoms with Crippen molar-refractivity contribution in [2.24, 2.45) is 0 Å². The van der Waals surface area contributed by atoms with Gasteiger partial charge in [-0.3, -0.25) is 0 Å². The van der Waals surface area contributed by atoms with Gasteiger partial charge in [0.2, 0.25) is 10.0 Å². The normalized spacial score (nSPS) is 11.5. The summed E-state index contributed by atoms with van der Waals surface area (Å²) in [5.41, 5.74) is 6.68. The average molecular weight is 297 g/mol. The minimum absolute atomic E-state index is 0.129. The van der Waals surface area contributed by atoms with E-state index in [0.717, 1.165) is 0 Å². The van der Waals surface area contributed by atoms with Gasteiger partial charge in [-0.1, -0.05) is 6.07 Å². The molecule has 0 spiro atoms. The molecule has 20 heavy (non-hydrogen) atoms. The third-order valence-electron chi connectivity index (χ3n) is 2.85. The van der Waals surface area contributed by atoms with E-state index in [4.69, 9.17) is 15.7 Å². The lowest BCUT2D eigenvalue weighted by atomic mass is 10.2. The first-order chi connectivity index (χ1) is 9.43. The molecule has 0 aliphatic carbocycles. The quantitative estimate of drug-likeness (QED) is 0.761. The Hall–Kier alpha value is -1.62. The summed E-state index contributed by atoms with van der Waals surface area (Å²) in [4.78, 5) is 0.173. The first-order valence-corrected chi connectivity index (χ1v) is 7.59. The Morgan fingerprint density at radius 3 is 2.70 bits per heavy atom. The Labute approximate surface area is 119 Å². The smallest absolute Gasteiger partial charge is 0.243 e. The van der Waals surface area contributed by atoms with Gasteiger partial charge in [0.1, 0.15) is 0 Å². The van der Waals surface area contributed by atoms with Crippen LogP contribution in [-0.4, -0.2) is 39.5 Å². The Morgan fingerprint density at radius 1 is 1.40 bits per heavy atom. The molecule has 0 unspecified atom stereocenters. The second-order valence-electron chi connectivity index (χ2n) is 4.33. The molecule has 0 atom stereocenters. The molecule has 110 valence electrons. The van der Waals surface area contributed by atoms with Crippen molar-refractivity contribution in [3.8, 4) is 6.07 Å². The lowest BCUT2D eigenvalue weighted by Gasteiger charge is -2.22. The van der Waals surface area contributed by atoms with Crippen molar-refractivity contribution in [2.45, 2.75) is 18.2 Å². The summed E-state index contributed by atoms with van der Waals surface area (Å²) >= 11 is 0. The SMILES string of the molecule is COCCN(CCC#N)S(=O)(=O)c1cc(N)ccc1C. The van der Waals surface area contributed by atoms with Crippen molar-refractivity contribution < 1.29 is 13.2 Å². The molecular formula is C13H19N3O3S. The Morgan fingerprint density at radius 2 is 2.10 bits per heavy atom. The van der Waals surface area contributed by atoms with Crippen LogP contribution in [0, 0.1) is 18.3 Å². The number of aryl methyl sites for hydroxylation is 1. The van der Waals surface area contributed by atoms with Crippen molar-refractivity contribution in [3.05, 3.63) is 23.8 Å². The Kier molecular flexibility index (Phi) is 5.95. The van der Waals surface area contributed by atoms with Crippen molar-refractivity contribution in [1.82, 2.24) is 4.31 Å². The van der Waals surface area contributed by atoms with Crippen LogP contribution in [0.2, 0.25) is 0 Å². The molecule has 0 fully saturated rings. The summed E-state index contributed by atoms with van der Waals surface area (Å²) in [5.74, 6) is 0. The standard InChI is InChI=1S/C13H19N3O3S/c1-11-4-5-12(15)10-13(11)20(17,18)16(7-3-6-14)8-9-19-2/h4-5,10H,3,7-9,15H2,1-2H3. The van der Waals surface area contributed by atoms with E-state index in [2.05, 4.69) is 0 Å². The highest BCUT2D eigenvalue weighted by Crippen LogP contribution is 2.22. The summed E-state index contributed by atoms with van der Waals surface area (Å²) < 4.78 is 31.4. The summed E-state index contributed by atoms with van der Waals surface area (Å²) in [6.45, 7) is 2.32. The molecule has 0 aliphatic rings. The fourth-order valence-electron chi connectivity index (χ4n) is 1.75. The van der Waals surface area contributed by atoms with E-state index < -0.39 is 10.0 Å². The number of nitrogens with two attached hydrogens (primary N) is 1. The van der Waals surface area contributed by atoms with Gasteiger partial charge in [0, 0.05) is 32.3 Å². The van der Waals surface area contributed by atoms with E-state index in [9.17, 15) is 8.42 Å². The first kappa shape index (κ1) is 16.4. The van der Waals surface area contributed by atoms with Crippen molar-refractivity contribution >= 4 is 15.7 Å². The molecule has 0 saturated heterocycles. The Bertz CT molecular complexity index is 593. The number of nitrogens with zero attached hydrogens (tertiary/aromatic N) is 2. The van der Waals surface area contributed by atoms with Crippen LogP contribution < -0.4 is 5.73 Å². The second-order valence-corrected chi connectivity index (χ2v) is 6.24. The molecule has 1 rings (SSSR count). The summed E-state index contributed by atoms with van der Waals surface area (Å²) in [5, 5.41) is 8.65. The number of hydrogen-bond acceptors (Lipinski definition) is 5. The molecule has 0 saturated carbocycles. The third-order valence-corrected chi connectivity index (χ3v) is 4.89. The van der Waals surface area contributed by atoms with Gasteiger partial charge in [-0.05, 0) is 24.6 Å². The molecule has 2 N–H and O–H groups in total. The maximum atomic E-state index is 12.6. The van der Waals surface area contributed by atoms with Crippen LogP contribution in [0.3, 0.4) is 0 Å². The largest absolute Gasteiger partial charge is 0.399 e. The second kappa shape index (κ2) is 7.24. The van der Waals surface area contributed by atoms with Crippen LogP contribution in [0.1, 0.15) is 12.0 Å². The van der Waals surface area contributed by atoms with Gasteiger partial charge in [0.15, 0.2) is 0 Å². The van der Waals surface area contributed by atoms with Gasteiger partial charge in [0.05, 0.1) is 17.6 Å². The van der Waals surface area contributed by atoms with E-state index >= 15 is 0 Å². The van der Waals surface area contributed by atoms with Crippen LogP contribution in [0.25, 0.3) is 0 Å². The third kappa shape index (κ3) is 3.93. The van der Waals surface area contributed by atoms with Gasteiger partial charge in [-0.15, -0.1) is 0 Å². The van der Waals surface area contributed by atoms with Crippen molar-refractivity contribution in [3.63, 3.8) is 0 Å². The number of hydrogen-bond donors (Lipinski definition) is 1. The van der Waals surface area contributed by atoms with Gasteiger partial charge in [-0.25, -0.2) is 8.42 Å². The van der Waals surface area contributed by atoms with Crippen LogP contribution in [0.15, 0.2) is 23.1 Å². The molecule has 7 heteroatoms. The molecule has 0 aliphatic heterocycles. The number of nitriles is 1. The summed E-state index contributed by atoms with van der Waals surface area (Å²) in [6.07, 6.45) is 0.129. The predicted molar refractivity (Wildman–Crippen MR) is 76.5 cm³/mol. The first-order valence-electron chi connectivity index (χ1n) is 6.15. The van der Waals surface area contributed by atoms with E-state index in [1.165, 1.54) is 17.5 Å². The molecule has 0 aromatic heterocycles. The summed E-state index contributed by atoms with van der Waals surface area (Å²) in [7, 11) is -2.18. The molecule has 1 aromatic rings. The topological polar surface area (TPSA) is 96.4 Å². The molecule has 1 aromatic carbocycles. The molecular weight excluding hydrogens is 278 g/mol. The fourth-order valence-corrected chi connectivity index (χ4v) is 3.44. The fraction of sp³-hybridized carbons (Fsp3) is 0.462. The zero-order valence-electron chi connectivity index (χ0n) is 11.7. The van der Waals surface area contributed by atoms with Crippen LogP contribution in [0.4, 0.5) is 5.69 Å². The average Bonchev–Trinajstić information content (AvgIpc) is 2.41. The van der Waals surface area contributed by atoms with Gasteiger partial charge in [-0.2, -0.15) is 9.57 Å². The van der Waals surface area contributed by atoms with Gasteiger partial charge in [0.25, 0.3) is 0 Å². The monoisotopic (exact) mass is 297 g/mol. The number of benzene rings is 1. The maximum Gasteiger partial charge on any atom is 0.243 e. The minimum atomic E-state index is -3.68. The van der Waals surface area contributed by atoms with Crippen molar-refractivity contribution in [2.75, 3.05) is 32.5 Å². The highest BCUT2D eigenvalue weighted by Gasteiger charge is 2.25. The van der Waals surface area contributed by atoms with Crippen molar-refractivity contribution in [1.29, 1.82) is 5.26 Å². The van der Waals surface area contributed by atoms with Crippen LogP contribution in [0.5, 0.6) is 0 Å². The van der Waals surface area contributed by atoms with E-state index in [1.807, 2.05) is 6.07 Å². The Balaban J connectivity index is 3.14. The van der Waals surface area contributed by atoms with Crippen LogP contribution >= 0.6 is 0 Å². The number of anilines is 1. The number of nitrogen functional groups attached to an aromatic ring is 1. The summed E-state index contributed by atoms with van der Waals surface area (Å²) in [6, 6.07) is 6.72. The molecule has 0 amide bonds. The lowest BCUT2D eigenvalue weighted by molar-refractivity contribution is 0.179. The molecule has 0 heterocycles. The van der Waals surface area contributed by atoms with E-state index in [-0.39, 0.29) is 31.0 Å². The number of methoxy groups -OCH3 is 1. The molecule has 0 radical (unpaired) electrons. The minimum Gasteiger partial charge on any atom is -0.399 e. The predicted octanol–water partition coefficient (Wildman–Crippen LogP) is 1.13. The molecule has 0 bridgehead atoms. The highest BCUT2D eigenvalue weighted by molar-refractivity contribution is 7.89. The van der Waals surface area contributed by atoms with E-state index in [1.54, 1.807) is 19.1 Å². The maximum absolute atomic E-state index is 12.6. The lowest BCUT2D eigenvalue weighted by Crippen LogP contribution is -2.35.